The summed E-state index contributed by atoms with van der Waals surface area (Å²) in [5.41, 5.74) is 16.0. The van der Waals surface area contributed by atoms with Crippen LogP contribution in [0.3, 0.4) is 0 Å². The third kappa shape index (κ3) is 5.56. The van der Waals surface area contributed by atoms with Gasteiger partial charge in [0.2, 0.25) is 0 Å². The lowest BCUT2D eigenvalue weighted by Gasteiger charge is -2.35. The van der Waals surface area contributed by atoms with Crippen molar-refractivity contribution in [2.45, 2.75) is 24.2 Å². The molecule has 0 fully saturated rings. The summed E-state index contributed by atoms with van der Waals surface area (Å²) in [6.45, 7) is 0. The second kappa shape index (κ2) is 14.1. The summed E-state index contributed by atoms with van der Waals surface area (Å²) in [6.07, 6.45) is 7.85. The molecule has 7 aromatic rings. The Bertz CT molecular complexity index is 3430. The molecule has 8 aliphatic rings. The zero-order chi connectivity index (χ0) is 44.9. The Kier molecular flexibility index (Phi) is 8.39. The van der Waals surface area contributed by atoms with Crippen LogP contribution in [-0.4, -0.2) is 64.2 Å². The highest BCUT2D eigenvalue weighted by atomic mass is 35.5. The average molecular weight is 905 g/mol. The summed E-state index contributed by atoms with van der Waals surface area (Å²) in [6, 6.07) is 30.8. The van der Waals surface area contributed by atoms with Gasteiger partial charge in [-0.25, -0.2) is 29.1 Å². The van der Waals surface area contributed by atoms with E-state index in [-0.39, 0.29) is 12.4 Å². The van der Waals surface area contributed by atoms with Crippen LogP contribution in [0.25, 0.3) is 90.9 Å². The summed E-state index contributed by atoms with van der Waals surface area (Å²) in [7, 11) is 0. The molecule has 8 aliphatic heterocycles. The zero-order valence-electron chi connectivity index (χ0n) is 34.6. The van der Waals surface area contributed by atoms with Crippen LogP contribution >= 0.6 is 12.4 Å². The number of nitrogens with zero attached hydrogens (tertiary/aromatic N) is 4. The molecular weight excluding hydrogens is 872 g/mol. The number of carboxylic acid groups (broad SMARTS) is 4. The number of anilines is 2. The van der Waals surface area contributed by atoms with Gasteiger partial charge in [-0.3, -0.25) is 0 Å². The first kappa shape index (κ1) is 39.8. The Labute approximate surface area is 384 Å². The molecule has 0 radical (unpaired) electrons. The molecule has 4 aromatic carbocycles. The number of carbonyl (C=O) groups is 4. The standard InChI is InChI=1S/C52H32N6O8.ClH/c59-49(60)45-41-31(13-19-37-43(41)47(51(63)64)57(37)45)23-1-5-25(6-2-23)39-33-15-9-27(53-33)21-29-11-17-35(55-29)40(36-18-12-30(56-36)22-28-10-16-34(39)54-28)26-7-3-24(4-8-26)32-14-20-38-44-42(32)46(50(61)62)58(38)48(44)52(65)66;/h1-22,45-48,53,56H,(H,59,60)(H,61,62)(H,63,64)(H,65,66);1H. The minimum absolute atomic E-state index is 0. The number of rotatable bonds is 8. The molecule has 15 rings (SSSR count). The van der Waals surface area contributed by atoms with Gasteiger partial charge in [0.05, 0.1) is 22.8 Å². The summed E-state index contributed by atoms with van der Waals surface area (Å²) in [5.74, 6) is -4.31. The van der Waals surface area contributed by atoms with E-state index in [1.165, 1.54) is 9.80 Å². The number of aromatic nitrogens is 4. The van der Waals surface area contributed by atoms with Crippen LogP contribution in [-0.2, 0) is 19.2 Å². The molecule has 6 N–H and O–H groups in total. The molecule has 0 saturated heterocycles. The summed E-state index contributed by atoms with van der Waals surface area (Å²) < 4.78 is 0. The van der Waals surface area contributed by atoms with E-state index in [0.29, 0.717) is 44.8 Å². The third-order valence-electron chi connectivity index (χ3n) is 13.6. The maximum absolute atomic E-state index is 12.4. The molecule has 4 atom stereocenters. The van der Waals surface area contributed by atoms with Gasteiger partial charge in [-0.2, -0.15) is 0 Å². The van der Waals surface area contributed by atoms with Gasteiger partial charge >= 0.3 is 23.9 Å². The van der Waals surface area contributed by atoms with Crippen LogP contribution in [0.5, 0.6) is 0 Å². The van der Waals surface area contributed by atoms with Crippen LogP contribution in [0, 0.1) is 0 Å². The van der Waals surface area contributed by atoms with Crippen molar-refractivity contribution >= 4 is 94.0 Å². The number of benzene rings is 4. The fourth-order valence-corrected chi connectivity index (χ4v) is 10.9. The number of carboxylic acids is 4. The van der Waals surface area contributed by atoms with Crippen molar-refractivity contribution in [3.05, 3.63) is 154 Å². The zero-order valence-corrected chi connectivity index (χ0v) is 35.4. The smallest absolute Gasteiger partial charge is 0.331 e. The van der Waals surface area contributed by atoms with Crippen LogP contribution in [0.2, 0.25) is 0 Å². The summed E-state index contributed by atoms with van der Waals surface area (Å²) in [4.78, 5) is 69.2. The van der Waals surface area contributed by atoms with Crippen molar-refractivity contribution in [3.63, 3.8) is 0 Å². The van der Waals surface area contributed by atoms with E-state index >= 15 is 0 Å². The average Bonchev–Trinajstić information content (AvgIpc) is 4.16. The maximum atomic E-state index is 12.4. The van der Waals surface area contributed by atoms with Crippen molar-refractivity contribution in [2.24, 2.45) is 0 Å². The second-order valence-corrected chi connectivity index (χ2v) is 17.1. The fourth-order valence-electron chi connectivity index (χ4n) is 10.9. The van der Waals surface area contributed by atoms with Crippen LogP contribution < -0.4 is 9.80 Å². The molecule has 0 saturated carbocycles. The van der Waals surface area contributed by atoms with E-state index < -0.39 is 48.0 Å². The normalized spacial score (nSPS) is 18.3. The van der Waals surface area contributed by atoms with Gasteiger partial charge in [0.25, 0.3) is 0 Å². The van der Waals surface area contributed by atoms with Gasteiger partial charge < -0.3 is 40.2 Å². The van der Waals surface area contributed by atoms with Crippen molar-refractivity contribution in [3.8, 4) is 44.5 Å². The third-order valence-corrected chi connectivity index (χ3v) is 13.6. The molecule has 14 nitrogen and oxygen atoms in total. The Hall–Kier alpha value is -8.75. The minimum atomic E-state index is -1.09. The molecule has 0 aliphatic carbocycles. The first-order valence-electron chi connectivity index (χ1n) is 21.2. The van der Waals surface area contributed by atoms with Gasteiger partial charge in [-0.1, -0.05) is 60.7 Å². The highest BCUT2D eigenvalue weighted by molar-refractivity contribution is 6.05. The number of halogens is 1. The van der Waals surface area contributed by atoms with Gasteiger partial charge in [-0.15, -0.1) is 12.4 Å². The molecule has 67 heavy (non-hydrogen) atoms. The fraction of sp³-hybridized carbons (Fsp3) is 0.0769. The quantitative estimate of drug-likeness (QED) is 0.0841. The van der Waals surface area contributed by atoms with E-state index in [2.05, 4.69) is 9.97 Å². The van der Waals surface area contributed by atoms with Gasteiger partial charge in [-0.05, 0) is 106 Å². The molecule has 15 heteroatoms. The van der Waals surface area contributed by atoms with Gasteiger partial charge in [0.1, 0.15) is 0 Å². The van der Waals surface area contributed by atoms with Crippen molar-refractivity contribution < 1.29 is 39.6 Å². The topological polar surface area (TPSA) is 213 Å². The maximum Gasteiger partial charge on any atom is 0.331 e. The van der Waals surface area contributed by atoms with Crippen LogP contribution in [0.15, 0.2) is 109 Å². The number of H-pyrrole nitrogens is 2. The van der Waals surface area contributed by atoms with E-state index in [4.69, 9.17) is 9.97 Å². The van der Waals surface area contributed by atoms with Gasteiger partial charge in [0.15, 0.2) is 24.2 Å². The number of fused-ring (bicyclic) bond motifs is 8. The predicted octanol–water partition coefficient (Wildman–Crippen LogP) is 9.92. The minimum Gasteiger partial charge on any atom is -0.479 e. The Balaban J connectivity index is 0.00000468. The highest BCUT2D eigenvalue weighted by Gasteiger charge is 2.58. The van der Waals surface area contributed by atoms with Crippen molar-refractivity contribution in [2.75, 3.05) is 9.80 Å². The molecule has 0 spiro atoms. The number of aromatic amines is 2. The molecule has 11 heterocycles. The largest absolute Gasteiger partial charge is 0.479 e. The lowest BCUT2D eigenvalue weighted by Crippen LogP contribution is -2.39. The number of hydrogen-bond donors (Lipinski definition) is 6. The van der Waals surface area contributed by atoms with E-state index in [1.54, 1.807) is 12.1 Å². The van der Waals surface area contributed by atoms with E-state index in [0.717, 1.165) is 78.2 Å². The lowest BCUT2D eigenvalue weighted by molar-refractivity contribution is -0.142. The molecule has 3 aromatic heterocycles. The van der Waals surface area contributed by atoms with Crippen LogP contribution in [0.4, 0.5) is 11.4 Å². The Morgan fingerprint density at radius 3 is 1.16 bits per heavy atom. The highest BCUT2D eigenvalue weighted by Crippen LogP contribution is 2.62. The number of hydrogen-bond acceptors (Lipinski definition) is 8. The van der Waals surface area contributed by atoms with Crippen LogP contribution in [0.1, 0.15) is 69.2 Å². The molecular formula is C52H33ClN6O8. The molecule has 326 valence electrons. The predicted molar refractivity (Wildman–Crippen MR) is 254 cm³/mol. The van der Waals surface area contributed by atoms with Crippen molar-refractivity contribution in [1.29, 1.82) is 0 Å². The Morgan fingerprint density at radius 1 is 0.433 bits per heavy atom. The molecule has 0 amide bonds. The lowest BCUT2D eigenvalue weighted by atomic mass is 9.89. The first-order valence-corrected chi connectivity index (χ1v) is 21.2. The summed E-state index contributed by atoms with van der Waals surface area (Å²) >= 11 is 0. The van der Waals surface area contributed by atoms with Crippen molar-refractivity contribution in [1.82, 2.24) is 19.9 Å². The Morgan fingerprint density at radius 2 is 0.791 bits per heavy atom. The SMILES string of the molecule is Cl.O=C(O)C1c2c(-c3ccc(-c4c5nc(cc6ccc([nH]6)c(-c6ccc(-c7ccc8c9c7C(C(=O)O)N8C9C(=O)O)cc6)c6nc(cc7ccc4[nH]7)C=C6)C=C5)cc3)ccc3c2C(C(=O)O)N31. The summed E-state index contributed by atoms with van der Waals surface area (Å²) in [5, 5.41) is 40.1. The first-order chi connectivity index (χ1) is 32.0. The van der Waals surface area contributed by atoms with E-state index in [9.17, 15) is 39.6 Å². The van der Waals surface area contributed by atoms with E-state index in [1.807, 2.05) is 121 Å². The number of aliphatic carboxylic acids is 4. The number of nitrogens with one attached hydrogen (secondary N) is 2. The molecule has 16 bridgehead atoms. The monoisotopic (exact) mass is 904 g/mol. The molecule has 4 unspecified atom stereocenters. The second-order valence-electron chi connectivity index (χ2n) is 17.1. The van der Waals surface area contributed by atoms with Gasteiger partial charge in [0, 0.05) is 66.8 Å².